The van der Waals surface area contributed by atoms with Crippen LogP contribution >= 0.6 is 0 Å². The Morgan fingerprint density at radius 2 is 0.825 bits per heavy atom. The van der Waals surface area contributed by atoms with Crippen LogP contribution in [0.4, 0.5) is 11.4 Å². The van der Waals surface area contributed by atoms with Crippen LogP contribution in [0.25, 0.3) is 22.3 Å². The minimum Gasteiger partial charge on any atom is -0.581 e. The van der Waals surface area contributed by atoms with Crippen molar-refractivity contribution in [1.82, 2.24) is 20.4 Å². The van der Waals surface area contributed by atoms with Crippen LogP contribution in [-0.4, -0.2) is 64.3 Å². The molecular formula is C52H37BN8Pt2+4. The Hall–Kier alpha value is -6.58. The summed E-state index contributed by atoms with van der Waals surface area (Å²) < 4.78 is 13.0. The van der Waals surface area contributed by atoms with Crippen molar-refractivity contribution in [3.8, 4) is 22.3 Å². The second-order valence-electron chi connectivity index (χ2n) is 15.2. The average molecular weight is 1180 g/mol. The van der Waals surface area contributed by atoms with Gasteiger partial charge in [0.15, 0.2) is 14.1 Å². The number of hydrogen-bond acceptors (Lipinski definition) is 2. The molecule has 304 valence electrons. The van der Waals surface area contributed by atoms with Crippen LogP contribution in [0.5, 0.6) is 0 Å². The van der Waals surface area contributed by atoms with Gasteiger partial charge in [-0.25, -0.2) is 0 Å². The third-order valence-corrected chi connectivity index (χ3v) is 11.9. The Morgan fingerprint density at radius 3 is 1.13 bits per heavy atom. The Morgan fingerprint density at radius 1 is 0.476 bits per heavy atom. The molecule has 0 saturated carbocycles. The number of hydrogen-bond donors (Lipinski definition) is 0. The molecule has 8 aromatic rings. The van der Waals surface area contributed by atoms with E-state index in [-0.39, 0.29) is 42.1 Å². The van der Waals surface area contributed by atoms with Crippen LogP contribution in [-0.2, 0) is 53.0 Å². The van der Waals surface area contributed by atoms with Gasteiger partial charge in [0.1, 0.15) is 11.4 Å². The zero-order valence-electron chi connectivity index (χ0n) is 35.1. The Labute approximate surface area is 398 Å². The van der Waals surface area contributed by atoms with Gasteiger partial charge in [0, 0.05) is 19.8 Å². The molecule has 0 unspecified atom stereocenters. The second-order valence-corrected chi connectivity index (χ2v) is 15.2. The zero-order valence-corrected chi connectivity index (χ0v) is 38.7. The van der Waals surface area contributed by atoms with Gasteiger partial charge in [-0.05, 0) is 45.8 Å². The predicted molar refractivity (Wildman–Crippen MR) is 235 cm³/mol. The minimum absolute atomic E-state index is 0. The van der Waals surface area contributed by atoms with Gasteiger partial charge < -0.3 is 20.4 Å². The summed E-state index contributed by atoms with van der Waals surface area (Å²) in [6.07, 6.45) is 11.5. The number of benzene rings is 6. The van der Waals surface area contributed by atoms with Gasteiger partial charge in [-0.2, -0.15) is 36.7 Å². The van der Waals surface area contributed by atoms with Crippen molar-refractivity contribution in [2.24, 2.45) is 0 Å². The topological polar surface area (TPSA) is 66.0 Å². The van der Waals surface area contributed by atoms with E-state index in [0.717, 1.165) is 33.9 Å². The van der Waals surface area contributed by atoms with Crippen LogP contribution in [0.15, 0.2) is 183 Å². The van der Waals surface area contributed by atoms with Crippen molar-refractivity contribution in [3.63, 3.8) is 0 Å². The molecule has 0 saturated heterocycles. The summed E-state index contributed by atoms with van der Waals surface area (Å²) >= 11 is 0. The molecule has 0 atom stereocenters. The second kappa shape index (κ2) is 17.3. The summed E-state index contributed by atoms with van der Waals surface area (Å²) in [5, 5.41) is 17.5. The Kier molecular flexibility index (Phi) is 11.5. The first-order valence-electron chi connectivity index (χ1n) is 20.4. The van der Waals surface area contributed by atoms with Gasteiger partial charge in [-0.15, -0.1) is 23.3 Å². The molecule has 2 aliphatic heterocycles. The molecule has 0 amide bonds. The molecule has 2 radical (unpaired) electrons. The molecule has 0 N–H and O–H groups in total. The molecular weight excluding hydrogens is 1140 g/mol. The molecule has 11 heteroatoms. The molecule has 0 fully saturated rings. The maximum absolute atomic E-state index is 5.25. The molecule has 0 bridgehead atoms. The van der Waals surface area contributed by atoms with Gasteiger partial charge in [-0.3, -0.25) is 0 Å². The standard InChI is InChI=1S/2C26H18N4.BH.2Pt/c2*1-29-15-16-30(18-29)20-8-6-7-19(17-20)26(25-13-14-27-28-25)23-11-4-2-9-21(23)22-10-3-5-12-24(22)26;;;/h2*2-16H,1H3;1H;;/q;;;2*+2/i;;1D;;. The summed E-state index contributed by atoms with van der Waals surface area (Å²) in [6.45, 7) is 0. The van der Waals surface area contributed by atoms with Crippen LogP contribution in [0.2, 0.25) is 0 Å². The first kappa shape index (κ1) is 41.8. The SMILES string of the molecule is C[N+]1=C=[N+](c2[c-]c(C3(c4cc[n-]n4)c4ccccc4-c4ccccc43)ccc2)C=C1.C[N+]1=C=[N+](c2[c-]c(C3(c4cc[n-]n4)c4ccccc4-c4ccccc43)ccc2)C=C1.[2H][B].[Pt+2].[Pt+2]. The van der Waals surface area contributed by atoms with E-state index < -0.39 is 10.8 Å². The number of nitrogens with zero attached hydrogens (tertiary/aromatic N) is 8. The summed E-state index contributed by atoms with van der Waals surface area (Å²) in [5.41, 5.74) is 14.4. The normalized spacial score (nSPS) is 14.9. The van der Waals surface area contributed by atoms with Crippen molar-refractivity contribution in [2.75, 3.05) is 14.1 Å². The average Bonchev–Trinajstić information content (AvgIpc) is 4.21. The first-order chi connectivity index (χ1) is 30.6. The van der Waals surface area contributed by atoms with Crippen LogP contribution in [0, 0.1) is 12.1 Å². The Balaban J connectivity index is 0.000000164. The van der Waals surface area contributed by atoms with E-state index in [9.17, 15) is 0 Å². The fraction of sp³-hybridized carbons (Fsp3) is 0.0769. The van der Waals surface area contributed by atoms with E-state index in [1.54, 1.807) is 12.4 Å². The van der Waals surface area contributed by atoms with E-state index in [1.165, 1.54) is 44.5 Å². The molecule has 0 spiro atoms. The van der Waals surface area contributed by atoms with Crippen LogP contribution in [0.1, 0.15) is 44.8 Å². The molecule has 4 heterocycles. The first-order valence-corrected chi connectivity index (χ1v) is 19.8. The van der Waals surface area contributed by atoms with Gasteiger partial charge in [0.05, 0.1) is 10.8 Å². The number of fused-ring (bicyclic) bond motifs is 6. The third-order valence-electron chi connectivity index (χ3n) is 11.9. The number of aromatic nitrogens is 4. The molecule has 2 aliphatic carbocycles. The summed E-state index contributed by atoms with van der Waals surface area (Å²) in [5.74, 6) is 0. The molecule has 4 aliphatic rings. The smallest absolute Gasteiger partial charge is 0.581 e. The van der Waals surface area contributed by atoms with Crippen molar-refractivity contribution < 1.29 is 60.4 Å². The monoisotopic (exact) mass is 1180 g/mol. The Bertz CT molecular complexity index is 2930. The van der Waals surface area contributed by atoms with Crippen molar-refractivity contribution in [2.45, 2.75) is 10.8 Å². The van der Waals surface area contributed by atoms with Crippen molar-refractivity contribution in [1.29, 1.82) is 1.34 Å². The largest absolute Gasteiger partial charge is 2.00 e. The summed E-state index contributed by atoms with van der Waals surface area (Å²) in [4.78, 5) is 0. The minimum atomic E-state index is -0.560. The van der Waals surface area contributed by atoms with E-state index >= 15 is 0 Å². The van der Waals surface area contributed by atoms with Crippen LogP contribution in [0.3, 0.4) is 0 Å². The van der Waals surface area contributed by atoms with Crippen molar-refractivity contribution >= 4 is 31.8 Å². The quantitative estimate of drug-likeness (QED) is 0.0977. The van der Waals surface area contributed by atoms with E-state index in [2.05, 4.69) is 186 Å². The molecule has 2 aromatic heterocycles. The van der Waals surface area contributed by atoms with E-state index in [1.807, 2.05) is 69.3 Å². The van der Waals surface area contributed by atoms with E-state index in [4.69, 9.17) is 1.34 Å². The zero-order chi connectivity index (χ0) is 42.3. The van der Waals surface area contributed by atoms with Gasteiger partial charge >= 0.3 is 54.1 Å². The van der Waals surface area contributed by atoms with Gasteiger partial charge in [0.2, 0.25) is 12.4 Å². The fourth-order valence-corrected chi connectivity index (χ4v) is 9.45. The maximum Gasteiger partial charge on any atom is 2.00 e. The van der Waals surface area contributed by atoms with E-state index in [0.29, 0.717) is 0 Å². The maximum atomic E-state index is 5.25. The van der Waals surface area contributed by atoms with Crippen LogP contribution < -0.4 is 10.2 Å². The van der Waals surface area contributed by atoms with Gasteiger partial charge in [-0.1, -0.05) is 140 Å². The molecule has 12 rings (SSSR count). The molecule has 8 nitrogen and oxygen atoms in total. The summed E-state index contributed by atoms with van der Waals surface area (Å²) in [7, 11) is 7.68. The van der Waals surface area contributed by atoms with Crippen molar-refractivity contribution in [3.05, 3.63) is 240 Å². The fourth-order valence-electron chi connectivity index (χ4n) is 9.45. The van der Waals surface area contributed by atoms with Gasteiger partial charge in [0.25, 0.3) is 12.4 Å². The predicted octanol–water partition coefficient (Wildman–Crippen LogP) is 7.64. The third kappa shape index (κ3) is 6.72. The molecule has 63 heavy (non-hydrogen) atoms. The molecule has 6 aromatic carbocycles. The summed E-state index contributed by atoms with van der Waals surface area (Å²) in [6, 6.07) is 64.8. The number of rotatable bonds is 6.